The summed E-state index contributed by atoms with van der Waals surface area (Å²) in [6.45, 7) is 3.97. The standard InChI is InChI=1S/C51H40F6N6O10/c1-2-45(65)71-24-6-4-3-5-23-70-36-17-9-30(10-18-36)49(69)73-44-22-14-34(28-42(44)51(55,56)57)63-61-32-12-20-38(40(26-32)47(59)67)37-19-11-31(25-39(37)46(58)66)60-62-33-13-21-43(41(27-33)50(52,53)54)72-48(68)29-7-15-35(64)16-8-29/h2,7-22,25-28,64H,1,3-6,23-24H2,(H2,58,66)(H2,59,67)/b62-60-,63-61-. The fourth-order valence-corrected chi connectivity index (χ4v) is 6.66. The highest BCUT2D eigenvalue weighted by Crippen LogP contribution is 2.41. The van der Waals surface area contributed by atoms with E-state index in [1.54, 1.807) is 0 Å². The molecule has 0 aliphatic rings. The molecule has 6 aromatic carbocycles. The van der Waals surface area contributed by atoms with Gasteiger partial charge in [0.2, 0.25) is 11.8 Å². The van der Waals surface area contributed by atoms with Crippen molar-refractivity contribution in [2.45, 2.75) is 38.0 Å². The van der Waals surface area contributed by atoms with E-state index in [-0.39, 0.29) is 68.5 Å². The lowest BCUT2D eigenvalue weighted by atomic mass is 9.94. The van der Waals surface area contributed by atoms with Gasteiger partial charge in [-0.1, -0.05) is 18.7 Å². The Morgan fingerprint density at radius 3 is 1.34 bits per heavy atom. The van der Waals surface area contributed by atoms with Gasteiger partial charge in [0.05, 0.1) is 47.1 Å². The number of rotatable bonds is 20. The van der Waals surface area contributed by atoms with Gasteiger partial charge in [-0.05, 0) is 146 Å². The molecule has 5 N–H and O–H groups in total. The number of unbranched alkanes of at least 4 members (excludes halogenated alkanes) is 3. The number of primary amides is 2. The van der Waals surface area contributed by atoms with Gasteiger partial charge in [-0.2, -0.15) is 46.8 Å². The van der Waals surface area contributed by atoms with Gasteiger partial charge in [-0.25, -0.2) is 14.4 Å². The molecule has 376 valence electrons. The van der Waals surface area contributed by atoms with Crippen LogP contribution < -0.4 is 25.7 Å². The zero-order valence-corrected chi connectivity index (χ0v) is 37.9. The van der Waals surface area contributed by atoms with Crippen LogP contribution in [0.2, 0.25) is 0 Å². The van der Waals surface area contributed by atoms with E-state index >= 15 is 0 Å². The number of phenols is 1. The van der Waals surface area contributed by atoms with E-state index < -0.39 is 64.7 Å². The fourth-order valence-electron chi connectivity index (χ4n) is 6.66. The Balaban J connectivity index is 1.13. The van der Waals surface area contributed by atoms with E-state index in [0.29, 0.717) is 37.3 Å². The minimum atomic E-state index is -5.01. The lowest BCUT2D eigenvalue weighted by molar-refractivity contribution is -0.139. The van der Waals surface area contributed by atoms with Crippen LogP contribution >= 0.6 is 0 Å². The monoisotopic (exact) mass is 1010 g/mol. The Morgan fingerprint density at radius 2 is 0.932 bits per heavy atom. The number of alkyl halides is 6. The number of amides is 2. The van der Waals surface area contributed by atoms with Crippen LogP contribution in [0.1, 0.15) is 78.2 Å². The number of halogens is 6. The van der Waals surface area contributed by atoms with Crippen molar-refractivity contribution in [2.75, 3.05) is 13.2 Å². The molecule has 0 fully saturated rings. The van der Waals surface area contributed by atoms with Gasteiger partial charge in [-0.15, -0.1) is 0 Å². The topological polar surface area (TPSA) is 244 Å². The highest BCUT2D eigenvalue weighted by Gasteiger charge is 2.37. The number of nitrogens with zero attached hydrogens (tertiary/aromatic N) is 4. The van der Waals surface area contributed by atoms with Gasteiger partial charge in [0, 0.05) is 17.2 Å². The number of esters is 3. The number of benzene rings is 6. The zero-order valence-electron chi connectivity index (χ0n) is 37.9. The molecule has 0 bridgehead atoms. The van der Waals surface area contributed by atoms with Crippen molar-refractivity contribution in [3.8, 4) is 34.1 Å². The number of carbonyl (C=O) groups is 5. The highest BCUT2D eigenvalue weighted by molar-refractivity contribution is 6.06. The molecular formula is C51H40F6N6O10. The number of nitrogens with two attached hydrogens (primary N) is 2. The quantitative estimate of drug-likeness (QED) is 0.0163. The van der Waals surface area contributed by atoms with Crippen molar-refractivity contribution < 1.29 is 74.4 Å². The Morgan fingerprint density at radius 1 is 0.534 bits per heavy atom. The first-order valence-corrected chi connectivity index (χ1v) is 21.6. The minimum Gasteiger partial charge on any atom is -0.508 e. The molecule has 2 amide bonds. The van der Waals surface area contributed by atoms with E-state index in [1.165, 1.54) is 48.5 Å². The Kier molecular flexibility index (Phi) is 17.2. The third-order valence-electron chi connectivity index (χ3n) is 10.2. The summed E-state index contributed by atoms with van der Waals surface area (Å²) < 4.78 is 106. The normalized spacial score (nSPS) is 11.6. The van der Waals surface area contributed by atoms with Crippen molar-refractivity contribution in [3.63, 3.8) is 0 Å². The number of ether oxygens (including phenoxy) is 4. The molecule has 0 heterocycles. The average Bonchev–Trinajstić information content (AvgIpc) is 3.35. The summed E-state index contributed by atoms with van der Waals surface area (Å²) in [6, 6.07) is 22.9. The first-order chi connectivity index (χ1) is 34.7. The third kappa shape index (κ3) is 14.7. The molecule has 22 heteroatoms. The van der Waals surface area contributed by atoms with Crippen LogP contribution in [0.25, 0.3) is 11.1 Å². The van der Waals surface area contributed by atoms with Crippen LogP contribution in [-0.2, 0) is 21.9 Å². The number of aromatic hydroxyl groups is 1. The smallest absolute Gasteiger partial charge is 0.420 e. The summed E-state index contributed by atoms with van der Waals surface area (Å²) in [5.74, 6) is -6.14. The van der Waals surface area contributed by atoms with Gasteiger partial charge in [-0.3, -0.25) is 9.59 Å². The molecule has 0 aliphatic heterocycles. The zero-order chi connectivity index (χ0) is 52.9. The van der Waals surface area contributed by atoms with E-state index in [9.17, 15) is 55.4 Å². The number of azo groups is 2. The molecule has 6 aromatic rings. The van der Waals surface area contributed by atoms with Crippen LogP contribution in [0.4, 0.5) is 49.1 Å². The number of hydrogen-bond acceptors (Lipinski definition) is 14. The maximum atomic E-state index is 14.3. The Hall–Kier alpha value is -9.21. The van der Waals surface area contributed by atoms with Crippen LogP contribution in [0.3, 0.4) is 0 Å². The highest BCUT2D eigenvalue weighted by atomic mass is 19.4. The predicted molar refractivity (Wildman–Crippen MR) is 250 cm³/mol. The molecule has 6 rings (SSSR count). The molecule has 0 aliphatic carbocycles. The largest absolute Gasteiger partial charge is 0.508 e. The maximum absolute atomic E-state index is 14.3. The van der Waals surface area contributed by atoms with E-state index in [0.717, 1.165) is 79.6 Å². The molecular weight excluding hydrogens is 971 g/mol. The third-order valence-corrected chi connectivity index (χ3v) is 10.2. The maximum Gasteiger partial charge on any atom is 0.420 e. The molecule has 16 nitrogen and oxygen atoms in total. The van der Waals surface area contributed by atoms with Gasteiger partial charge in [0.15, 0.2) is 0 Å². The number of carbonyl (C=O) groups excluding carboxylic acids is 5. The SMILES string of the molecule is C=CC(=O)OCCCCCCOc1ccc(C(=O)Oc2ccc(/N=N\c3ccc(-c4ccc(/N=N\c5ccc(OC(=O)c6ccc(O)cc6)c(C(F)(F)F)c5)cc4C(N)=O)c(C(N)=O)c3)cc2C(F)(F)F)cc1. The first kappa shape index (κ1) is 53.1. The summed E-state index contributed by atoms with van der Waals surface area (Å²) in [5.41, 5.74) is 7.31. The van der Waals surface area contributed by atoms with Gasteiger partial charge in [0.25, 0.3) is 0 Å². The van der Waals surface area contributed by atoms with E-state index in [4.69, 9.17) is 30.4 Å². The predicted octanol–water partition coefficient (Wildman–Crippen LogP) is 12.2. The molecule has 0 saturated carbocycles. The summed E-state index contributed by atoms with van der Waals surface area (Å²) in [6.07, 6.45) is -5.95. The summed E-state index contributed by atoms with van der Waals surface area (Å²) >= 11 is 0. The second-order valence-corrected chi connectivity index (χ2v) is 15.4. The van der Waals surface area contributed by atoms with Gasteiger partial charge >= 0.3 is 30.3 Å². The van der Waals surface area contributed by atoms with Crippen LogP contribution in [0, 0.1) is 0 Å². The van der Waals surface area contributed by atoms with Crippen LogP contribution in [0.5, 0.6) is 23.0 Å². The Bertz CT molecular complexity index is 3110. The summed E-state index contributed by atoms with van der Waals surface area (Å²) in [5, 5.41) is 25.0. The van der Waals surface area contributed by atoms with Crippen molar-refractivity contribution in [1.82, 2.24) is 0 Å². The molecule has 0 saturated heterocycles. The lowest BCUT2D eigenvalue weighted by Gasteiger charge is -2.14. The van der Waals surface area contributed by atoms with Crippen molar-refractivity contribution in [3.05, 3.63) is 167 Å². The van der Waals surface area contributed by atoms with E-state index in [2.05, 4.69) is 27.0 Å². The van der Waals surface area contributed by atoms with Crippen molar-refractivity contribution in [1.29, 1.82) is 0 Å². The van der Waals surface area contributed by atoms with Crippen LogP contribution in [-0.4, -0.2) is 48.0 Å². The summed E-state index contributed by atoms with van der Waals surface area (Å²) in [7, 11) is 0. The number of hydrogen-bond donors (Lipinski definition) is 3. The second kappa shape index (κ2) is 23.6. The molecule has 73 heavy (non-hydrogen) atoms. The number of phenolic OH excluding ortho intramolecular Hbond substituents is 1. The Labute approximate surface area is 410 Å². The molecule has 0 atom stereocenters. The van der Waals surface area contributed by atoms with Gasteiger partial charge in [0.1, 0.15) is 34.1 Å². The molecule has 0 spiro atoms. The van der Waals surface area contributed by atoms with Gasteiger partial charge < -0.3 is 35.5 Å². The second-order valence-electron chi connectivity index (χ2n) is 15.4. The minimum absolute atomic E-state index is 0.0532. The van der Waals surface area contributed by atoms with Crippen LogP contribution in [0.15, 0.2) is 154 Å². The van der Waals surface area contributed by atoms with E-state index in [1.807, 2.05) is 0 Å². The molecule has 0 radical (unpaired) electrons. The fraction of sp³-hybridized carbons (Fsp3) is 0.157. The molecule has 0 unspecified atom stereocenters. The average molecular weight is 1010 g/mol. The van der Waals surface area contributed by atoms with Crippen molar-refractivity contribution >= 4 is 52.5 Å². The molecule has 0 aromatic heterocycles. The van der Waals surface area contributed by atoms with Crippen molar-refractivity contribution in [2.24, 2.45) is 31.9 Å². The lowest BCUT2D eigenvalue weighted by Crippen LogP contribution is -2.15. The summed E-state index contributed by atoms with van der Waals surface area (Å²) in [4.78, 5) is 61.9. The first-order valence-electron chi connectivity index (χ1n) is 21.6.